The molecule has 0 aromatic heterocycles. The van der Waals surface area contributed by atoms with Gasteiger partial charge in [0.2, 0.25) is 21.8 Å². The van der Waals surface area contributed by atoms with E-state index in [0.717, 1.165) is 44.1 Å². The van der Waals surface area contributed by atoms with Crippen molar-refractivity contribution in [2.24, 2.45) is 0 Å². The van der Waals surface area contributed by atoms with Crippen molar-refractivity contribution in [2.45, 2.75) is 62.8 Å². The molecule has 2 amide bonds. The predicted molar refractivity (Wildman–Crippen MR) is 132 cm³/mol. The molecule has 0 spiro atoms. The monoisotopic (exact) mass is 483 g/mol. The third-order valence-corrected chi connectivity index (χ3v) is 8.56. The van der Waals surface area contributed by atoms with Gasteiger partial charge >= 0.3 is 0 Å². The molecule has 1 atom stereocenters. The van der Waals surface area contributed by atoms with E-state index in [0.29, 0.717) is 31.7 Å². The average molecular weight is 484 g/mol. The van der Waals surface area contributed by atoms with Crippen LogP contribution in [0.2, 0.25) is 0 Å². The second-order valence-corrected chi connectivity index (χ2v) is 11.0. The zero-order chi connectivity index (χ0) is 24.1. The maximum absolute atomic E-state index is 13.2. The first-order valence-electron chi connectivity index (χ1n) is 12.1. The molecule has 0 saturated carbocycles. The summed E-state index contributed by atoms with van der Waals surface area (Å²) in [6.07, 6.45) is 5.80. The molecule has 2 aliphatic rings. The van der Waals surface area contributed by atoms with E-state index >= 15 is 0 Å². The van der Waals surface area contributed by atoms with Crippen LogP contribution in [0.1, 0.15) is 50.2 Å². The smallest absolute Gasteiger partial charge is 0.243 e. The number of nitrogens with zero attached hydrogens (tertiary/aromatic N) is 2. The molecule has 0 bridgehead atoms. The van der Waals surface area contributed by atoms with Crippen LogP contribution in [0.3, 0.4) is 0 Å². The Kier molecular flexibility index (Phi) is 7.68. The number of carbonyl (C=O) groups is 2. The molecule has 2 aliphatic heterocycles. The Balaban J connectivity index is 1.45. The fraction of sp³-hybridized carbons (Fsp3) is 0.462. The molecular formula is C26H33N3O4S. The largest absolute Gasteiger partial charge is 0.354 e. The number of aryl methyl sites for hydroxylation is 1. The van der Waals surface area contributed by atoms with E-state index in [1.807, 2.05) is 18.2 Å². The molecule has 2 heterocycles. The lowest BCUT2D eigenvalue weighted by Crippen LogP contribution is -2.47. The van der Waals surface area contributed by atoms with Crippen LogP contribution in [-0.4, -0.2) is 50.2 Å². The number of sulfonamides is 1. The second-order valence-electron chi connectivity index (χ2n) is 9.10. The van der Waals surface area contributed by atoms with E-state index in [-0.39, 0.29) is 16.7 Å². The van der Waals surface area contributed by atoms with Gasteiger partial charge in [0, 0.05) is 38.7 Å². The number of anilines is 1. The topological polar surface area (TPSA) is 86.8 Å². The second kappa shape index (κ2) is 10.7. The number of amides is 2. The summed E-state index contributed by atoms with van der Waals surface area (Å²) in [4.78, 5) is 27.1. The summed E-state index contributed by atoms with van der Waals surface area (Å²) in [7, 11) is -3.60. The van der Waals surface area contributed by atoms with Gasteiger partial charge in [-0.05, 0) is 55.0 Å². The highest BCUT2D eigenvalue weighted by atomic mass is 32.2. The number of fused-ring (bicyclic) bond motifs is 1. The Bertz CT molecular complexity index is 1130. The SMILES string of the molecule is CC(=O)N1c2ccc(S(=O)(=O)N3CCCCCC3)cc2C[C@@H]1C(=O)NCCCc1ccccc1. The Morgan fingerprint density at radius 2 is 1.71 bits per heavy atom. The Labute approximate surface area is 202 Å². The summed E-state index contributed by atoms with van der Waals surface area (Å²) in [5.41, 5.74) is 2.55. The molecule has 8 heteroatoms. The standard InChI is InChI=1S/C26H33N3O4S/c1-20(30)29-24-14-13-23(34(32,33)28-16-7-2-3-8-17-28)18-22(24)19-25(29)26(31)27-15-9-12-21-10-5-4-6-11-21/h4-6,10-11,13-14,18,25H,2-3,7-9,12,15-17,19H2,1H3,(H,27,31)/t25-/m1/s1. The molecule has 182 valence electrons. The Morgan fingerprint density at radius 3 is 2.38 bits per heavy atom. The first-order chi connectivity index (χ1) is 16.4. The lowest BCUT2D eigenvalue weighted by atomic mass is 10.1. The van der Waals surface area contributed by atoms with Crippen LogP contribution in [0.4, 0.5) is 5.69 Å². The minimum atomic E-state index is -3.60. The summed E-state index contributed by atoms with van der Waals surface area (Å²) < 4.78 is 28.0. The van der Waals surface area contributed by atoms with E-state index < -0.39 is 16.1 Å². The zero-order valence-corrected chi connectivity index (χ0v) is 20.5. The molecule has 7 nitrogen and oxygen atoms in total. The van der Waals surface area contributed by atoms with Crippen molar-refractivity contribution in [3.05, 3.63) is 59.7 Å². The number of rotatable bonds is 7. The van der Waals surface area contributed by atoms with Gasteiger partial charge in [0.25, 0.3) is 0 Å². The van der Waals surface area contributed by atoms with Crippen molar-refractivity contribution in [2.75, 3.05) is 24.5 Å². The lowest BCUT2D eigenvalue weighted by molar-refractivity contribution is -0.125. The van der Waals surface area contributed by atoms with Gasteiger partial charge < -0.3 is 5.32 Å². The van der Waals surface area contributed by atoms with Crippen molar-refractivity contribution in [3.63, 3.8) is 0 Å². The van der Waals surface area contributed by atoms with Crippen LogP contribution < -0.4 is 10.2 Å². The van der Waals surface area contributed by atoms with Crippen LogP contribution in [0.25, 0.3) is 0 Å². The number of benzene rings is 2. The molecule has 2 aromatic rings. The van der Waals surface area contributed by atoms with Gasteiger partial charge in [0.1, 0.15) is 6.04 Å². The normalized spacial score (nSPS) is 18.9. The van der Waals surface area contributed by atoms with Crippen molar-refractivity contribution < 1.29 is 18.0 Å². The minimum Gasteiger partial charge on any atom is -0.354 e. The summed E-state index contributed by atoms with van der Waals surface area (Å²) in [6.45, 7) is 3.02. The molecule has 2 aromatic carbocycles. The third-order valence-electron chi connectivity index (χ3n) is 6.66. The van der Waals surface area contributed by atoms with Crippen LogP contribution >= 0.6 is 0 Å². The Morgan fingerprint density at radius 1 is 1.00 bits per heavy atom. The van der Waals surface area contributed by atoms with Crippen molar-refractivity contribution in [1.29, 1.82) is 0 Å². The summed E-state index contributed by atoms with van der Waals surface area (Å²) in [5.74, 6) is -0.442. The molecule has 4 rings (SSSR count). The molecule has 1 N–H and O–H groups in total. The van der Waals surface area contributed by atoms with Crippen molar-refractivity contribution in [1.82, 2.24) is 9.62 Å². The van der Waals surface area contributed by atoms with Crippen LogP contribution in [-0.2, 0) is 32.5 Å². The number of hydrogen-bond donors (Lipinski definition) is 1. The molecule has 34 heavy (non-hydrogen) atoms. The minimum absolute atomic E-state index is 0.212. The molecule has 0 radical (unpaired) electrons. The van der Waals surface area contributed by atoms with Crippen LogP contribution in [0, 0.1) is 0 Å². The van der Waals surface area contributed by atoms with E-state index in [9.17, 15) is 18.0 Å². The van der Waals surface area contributed by atoms with Gasteiger partial charge in [-0.3, -0.25) is 14.5 Å². The number of nitrogens with one attached hydrogen (secondary N) is 1. The van der Waals surface area contributed by atoms with Gasteiger partial charge in [0.15, 0.2) is 0 Å². The van der Waals surface area contributed by atoms with E-state index in [1.54, 1.807) is 22.5 Å². The first-order valence-corrected chi connectivity index (χ1v) is 13.6. The van der Waals surface area contributed by atoms with Crippen LogP contribution in [0.15, 0.2) is 53.4 Å². The predicted octanol–water partition coefficient (Wildman–Crippen LogP) is 3.28. The van der Waals surface area contributed by atoms with E-state index in [2.05, 4.69) is 17.4 Å². The maximum atomic E-state index is 13.2. The maximum Gasteiger partial charge on any atom is 0.243 e. The summed E-state index contributed by atoms with van der Waals surface area (Å²) in [6, 6.07) is 14.3. The van der Waals surface area contributed by atoms with Crippen LogP contribution in [0.5, 0.6) is 0 Å². The molecule has 0 unspecified atom stereocenters. The van der Waals surface area contributed by atoms with Crippen molar-refractivity contribution in [3.8, 4) is 0 Å². The Hall–Kier alpha value is -2.71. The first kappa shape index (κ1) is 24.4. The zero-order valence-electron chi connectivity index (χ0n) is 19.7. The van der Waals surface area contributed by atoms with Gasteiger partial charge in [-0.15, -0.1) is 0 Å². The lowest BCUT2D eigenvalue weighted by Gasteiger charge is -2.24. The quantitative estimate of drug-likeness (QED) is 0.613. The van der Waals surface area contributed by atoms with Gasteiger partial charge in [-0.1, -0.05) is 43.2 Å². The molecule has 1 fully saturated rings. The number of hydrogen-bond acceptors (Lipinski definition) is 4. The average Bonchev–Trinajstić information content (AvgIpc) is 2.99. The van der Waals surface area contributed by atoms with Gasteiger partial charge in [0.05, 0.1) is 4.90 Å². The highest BCUT2D eigenvalue weighted by molar-refractivity contribution is 7.89. The highest BCUT2D eigenvalue weighted by Gasteiger charge is 2.38. The fourth-order valence-corrected chi connectivity index (χ4v) is 6.45. The van der Waals surface area contributed by atoms with E-state index in [1.165, 1.54) is 17.4 Å². The van der Waals surface area contributed by atoms with E-state index in [4.69, 9.17) is 0 Å². The fourth-order valence-electron chi connectivity index (χ4n) is 4.89. The summed E-state index contributed by atoms with van der Waals surface area (Å²) >= 11 is 0. The van der Waals surface area contributed by atoms with Crippen molar-refractivity contribution >= 4 is 27.5 Å². The van der Waals surface area contributed by atoms with Gasteiger partial charge in [-0.2, -0.15) is 4.31 Å². The molecule has 0 aliphatic carbocycles. The number of carbonyl (C=O) groups excluding carboxylic acids is 2. The van der Waals surface area contributed by atoms with Gasteiger partial charge in [-0.25, -0.2) is 8.42 Å². The highest BCUT2D eigenvalue weighted by Crippen LogP contribution is 2.35. The molecule has 1 saturated heterocycles. The molecular weight excluding hydrogens is 450 g/mol. The third kappa shape index (κ3) is 5.33. The summed E-state index contributed by atoms with van der Waals surface area (Å²) in [5, 5.41) is 2.96.